The van der Waals surface area contributed by atoms with Crippen molar-refractivity contribution >= 4 is 17.6 Å². The van der Waals surface area contributed by atoms with Crippen LogP contribution in [0.4, 0.5) is 10.5 Å². The molecule has 6 nitrogen and oxygen atoms in total. The lowest BCUT2D eigenvalue weighted by atomic mass is 10.1. The second-order valence-corrected chi connectivity index (χ2v) is 6.91. The highest BCUT2D eigenvalue weighted by atomic mass is 16.2. The van der Waals surface area contributed by atoms with Crippen LogP contribution in [0.1, 0.15) is 42.1 Å². The quantitative estimate of drug-likeness (QED) is 0.741. The van der Waals surface area contributed by atoms with E-state index in [0.717, 1.165) is 12.1 Å². The van der Waals surface area contributed by atoms with E-state index in [-0.39, 0.29) is 11.9 Å². The zero-order valence-electron chi connectivity index (χ0n) is 15.5. The molecule has 1 aromatic carbocycles. The molecule has 1 fully saturated rings. The van der Waals surface area contributed by atoms with Crippen LogP contribution < -0.4 is 16.0 Å². The van der Waals surface area contributed by atoms with Crippen LogP contribution in [0, 0.1) is 12.8 Å². The Morgan fingerprint density at radius 2 is 1.92 bits per heavy atom. The summed E-state index contributed by atoms with van der Waals surface area (Å²) in [5.41, 5.74) is 2.16. The molecule has 0 aromatic heterocycles. The van der Waals surface area contributed by atoms with E-state index >= 15 is 0 Å². The Morgan fingerprint density at radius 3 is 2.56 bits per heavy atom. The van der Waals surface area contributed by atoms with E-state index in [4.69, 9.17) is 0 Å². The minimum Gasteiger partial charge on any atom is -0.355 e. The third kappa shape index (κ3) is 6.05. The lowest BCUT2D eigenvalue weighted by Crippen LogP contribution is -2.39. The van der Waals surface area contributed by atoms with E-state index in [9.17, 15) is 9.59 Å². The summed E-state index contributed by atoms with van der Waals surface area (Å²) in [5, 5.41) is 8.39. The lowest BCUT2D eigenvalue weighted by Gasteiger charge is -2.29. The Morgan fingerprint density at radius 1 is 1.20 bits per heavy atom. The molecule has 3 amide bonds. The molecule has 1 saturated heterocycles. The van der Waals surface area contributed by atoms with Gasteiger partial charge in [-0.2, -0.15) is 0 Å². The molecule has 0 saturated carbocycles. The Kier molecular flexibility index (Phi) is 7.25. The highest BCUT2D eigenvalue weighted by molar-refractivity contribution is 5.96. The second kappa shape index (κ2) is 9.42. The molecule has 6 heteroatoms. The maximum Gasteiger partial charge on any atom is 0.319 e. The molecule has 1 aromatic rings. The van der Waals surface area contributed by atoms with Crippen molar-refractivity contribution in [3.05, 3.63) is 29.3 Å². The van der Waals surface area contributed by atoms with Gasteiger partial charge in [0.2, 0.25) is 0 Å². The average molecular weight is 346 g/mol. The van der Waals surface area contributed by atoms with E-state index in [2.05, 4.69) is 27.8 Å². The van der Waals surface area contributed by atoms with Crippen LogP contribution in [0.25, 0.3) is 0 Å². The van der Waals surface area contributed by atoms with Crippen molar-refractivity contribution in [3.8, 4) is 0 Å². The minimum atomic E-state index is -0.207. The predicted octanol–water partition coefficient (Wildman–Crippen LogP) is 2.60. The van der Waals surface area contributed by atoms with Gasteiger partial charge in [0.1, 0.15) is 0 Å². The van der Waals surface area contributed by atoms with Crippen LogP contribution in [-0.4, -0.2) is 50.1 Å². The van der Waals surface area contributed by atoms with Gasteiger partial charge in [-0.3, -0.25) is 4.79 Å². The molecular formula is C19H30N4O2. The monoisotopic (exact) mass is 346 g/mol. The van der Waals surface area contributed by atoms with E-state index < -0.39 is 0 Å². The summed E-state index contributed by atoms with van der Waals surface area (Å²) in [6.45, 7) is 8.07. The number of anilines is 1. The summed E-state index contributed by atoms with van der Waals surface area (Å²) in [4.78, 5) is 26.2. The Balaban J connectivity index is 1.78. The van der Waals surface area contributed by atoms with Gasteiger partial charge in [-0.1, -0.05) is 13.3 Å². The third-order valence-corrected chi connectivity index (χ3v) is 4.59. The van der Waals surface area contributed by atoms with Crippen molar-refractivity contribution in [2.45, 2.75) is 33.1 Å². The van der Waals surface area contributed by atoms with Gasteiger partial charge >= 0.3 is 6.03 Å². The predicted molar refractivity (Wildman–Crippen MR) is 101 cm³/mol. The number of hydrogen-bond donors (Lipinski definition) is 3. The maximum atomic E-state index is 12.1. The Bertz CT molecular complexity index is 597. The number of amides is 3. The molecule has 1 heterocycles. The van der Waals surface area contributed by atoms with Gasteiger partial charge < -0.3 is 20.9 Å². The number of likely N-dealkylation sites (tertiary alicyclic amines) is 1. The topological polar surface area (TPSA) is 73.5 Å². The van der Waals surface area contributed by atoms with Crippen LogP contribution in [0.5, 0.6) is 0 Å². The molecule has 1 atom stereocenters. The first-order chi connectivity index (χ1) is 12.0. The fraction of sp³-hybridized carbons (Fsp3) is 0.579. The summed E-state index contributed by atoms with van der Waals surface area (Å²) in [7, 11) is 1.60. The zero-order chi connectivity index (χ0) is 18.2. The van der Waals surface area contributed by atoms with E-state index in [1.807, 2.05) is 6.92 Å². The largest absolute Gasteiger partial charge is 0.355 e. The first kappa shape index (κ1) is 19.2. The van der Waals surface area contributed by atoms with Gasteiger partial charge in [-0.25, -0.2) is 4.79 Å². The molecule has 2 rings (SSSR count). The standard InChI is InChI=1S/C19H30N4O2/c1-14(13-23-9-5-4-6-10-23)12-21-19(25)22-17-8-7-16(11-15(17)2)18(24)20-3/h7-8,11,14H,4-6,9-10,12-13H2,1-3H3,(H,20,24)(H2,21,22,25)/t14-/m0/s1. The van der Waals surface area contributed by atoms with Gasteiger partial charge in [-0.05, 0) is 62.5 Å². The molecule has 3 N–H and O–H groups in total. The van der Waals surface area contributed by atoms with Crippen LogP contribution in [0.3, 0.4) is 0 Å². The van der Waals surface area contributed by atoms with E-state index in [1.165, 1.54) is 32.4 Å². The molecule has 0 radical (unpaired) electrons. The average Bonchev–Trinajstić information content (AvgIpc) is 2.62. The molecule has 1 aliphatic rings. The molecule has 0 spiro atoms. The van der Waals surface area contributed by atoms with E-state index in [0.29, 0.717) is 23.7 Å². The number of piperidine rings is 1. The van der Waals surface area contributed by atoms with Crippen molar-refractivity contribution < 1.29 is 9.59 Å². The van der Waals surface area contributed by atoms with Crippen molar-refractivity contribution in [1.82, 2.24) is 15.5 Å². The highest BCUT2D eigenvalue weighted by Crippen LogP contribution is 2.16. The fourth-order valence-corrected chi connectivity index (χ4v) is 3.17. The van der Waals surface area contributed by atoms with Gasteiger partial charge in [0.05, 0.1) is 0 Å². The van der Waals surface area contributed by atoms with Crippen molar-refractivity contribution in [2.75, 3.05) is 38.5 Å². The molecule has 0 bridgehead atoms. The number of urea groups is 1. The van der Waals surface area contributed by atoms with Crippen LogP contribution in [0.2, 0.25) is 0 Å². The van der Waals surface area contributed by atoms with Gasteiger partial charge in [0, 0.05) is 31.4 Å². The summed E-state index contributed by atoms with van der Waals surface area (Å²) in [6.07, 6.45) is 3.90. The SMILES string of the molecule is CNC(=O)c1ccc(NC(=O)NC[C@H](C)CN2CCCCC2)c(C)c1. The third-order valence-electron chi connectivity index (χ3n) is 4.59. The normalized spacial score (nSPS) is 16.1. The molecule has 25 heavy (non-hydrogen) atoms. The molecule has 0 unspecified atom stereocenters. The van der Waals surface area contributed by atoms with E-state index in [1.54, 1.807) is 25.2 Å². The number of aryl methyl sites for hydroxylation is 1. The first-order valence-electron chi connectivity index (χ1n) is 9.09. The Labute approximate surface area is 150 Å². The van der Waals surface area contributed by atoms with Crippen molar-refractivity contribution in [1.29, 1.82) is 0 Å². The molecule has 1 aliphatic heterocycles. The molecule has 138 valence electrons. The number of benzene rings is 1. The van der Waals surface area contributed by atoms with Crippen LogP contribution >= 0.6 is 0 Å². The van der Waals surface area contributed by atoms with Crippen molar-refractivity contribution in [3.63, 3.8) is 0 Å². The summed E-state index contributed by atoms with van der Waals surface area (Å²) in [6, 6.07) is 5.03. The fourth-order valence-electron chi connectivity index (χ4n) is 3.17. The lowest BCUT2D eigenvalue weighted by molar-refractivity contribution is 0.0963. The highest BCUT2D eigenvalue weighted by Gasteiger charge is 2.14. The van der Waals surface area contributed by atoms with Gasteiger partial charge in [0.15, 0.2) is 0 Å². The molecule has 0 aliphatic carbocycles. The number of hydrogen-bond acceptors (Lipinski definition) is 3. The number of carbonyl (C=O) groups excluding carboxylic acids is 2. The molecular weight excluding hydrogens is 316 g/mol. The summed E-state index contributed by atoms with van der Waals surface area (Å²) < 4.78 is 0. The second-order valence-electron chi connectivity index (χ2n) is 6.91. The number of rotatable bonds is 6. The minimum absolute atomic E-state index is 0.134. The number of carbonyl (C=O) groups is 2. The van der Waals surface area contributed by atoms with Crippen LogP contribution in [0.15, 0.2) is 18.2 Å². The van der Waals surface area contributed by atoms with Crippen molar-refractivity contribution in [2.24, 2.45) is 5.92 Å². The van der Waals surface area contributed by atoms with Crippen LogP contribution in [-0.2, 0) is 0 Å². The van der Waals surface area contributed by atoms with Gasteiger partial charge in [-0.15, -0.1) is 0 Å². The summed E-state index contributed by atoms with van der Waals surface area (Å²) in [5.74, 6) is 0.284. The van der Waals surface area contributed by atoms with Gasteiger partial charge in [0.25, 0.3) is 5.91 Å². The maximum absolute atomic E-state index is 12.1. The smallest absolute Gasteiger partial charge is 0.319 e. The number of nitrogens with zero attached hydrogens (tertiary/aromatic N) is 1. The number of nitrogens with one attached hydrogen (secondary N) is 3. The Hall–Kier alpha value is -2.08. The zero-order valence-corrected chi connectivity index (χ0v) is 15.5. The summed E-state index contributed by atoms with van der Waals surface area (Å²) >= 11 is 0. The first-order valence-corrected chi connectivity index (χ1v) is 9.09.